The van der Waals surface area contributed by atoms with Crippen molar-refractivity contribution in [1.82, 2.24) is 10.3 Å². The lowest BCUT2D eigenvalue weighted by Crippen LogP contribution is -2.30. The molecule has 1 amide bonds. The van der Waals surface area contributed by atoms with Gasteiger partial charge < -0.3 is 0 Å². The van der Waals surface area contributed by atoms with Crippen molar-refractivity contribution in [1.29, 1.82) is 0 Å². The van der Waals surface area contributed by atoms with E-state index in [2.05, 4.69) is 23.3 Å². The predicted molar refractivity (Wildman–Crippen MR) is 76.4 cm³/mol. The molecule has 0 heterocycles. The Bertz CT molecular complexity index is 429. The molecular formula is C15H23N3O. The van der Waals surface area contributed by atoms with Gasteiger partial charge >= 0.3 is 0 Å². The van der Waals surface area contributed by atoms with Crippen LogP contribution in [-0.2, 0) is 6.54 Å². The maximum atomic E-state index is 11.5. The van der Waals surface area contributed by atoms with Crippen LogP contribution in [0.25, 0.3) is 0 Å². The van der Waals surface area contributed by atoms with Crippen molar-refractivity contribution < 1.29 is 4.79 Å². The smallest absolute Gasteiger partial charge is 0.265 e. The average Bonchev–Trinajstić information content (AvgIpc) is 3.22. The quantitative estimate of drug-likeness (QED) is 0.448. The number of nitrogens with zero attached hydrogens (tertiary/aromatic N) is 1. The Labute approximate surface area is 114 Å². The molecule has 3 N–H and O–H groups in total. The van der Waals surface area contributed by atoms with Crippen LogP contribution in [0, 0.1) is 5.92 Å². The molecule has 1 aliphatic carbocycles. The van der Waals surface area contributed by atoms with Crippen LogP contribution in [-0.4, -0.2) is 23.9 Å². The van der Waals surface area contributed by atoms with Gasteiger partial charge in [-0.15, -0.1) is 0 Å². The van der Waals surface area contributed by atoms with E-state index in [4.69, 9.17) is 5.84 Å². The number of hydrazine groups is 1. The van der Waals surface area contributed by atoms with Gasteiger partial charge in [-0.2, -0.15) is 0 Å². The Kier molecular flexibility index (Phi) is 4.93. The fraction of sp³-hybridized carbons (Fsp3) is 0.533. The number of nitrogen functional groups attached to an aromatic ring is 1. The minimum atomic E-state index is -0.230. The third-order valence-corrected chi connectivity index (χ3v) is 3.48. The number of benzene rings is 1. The van der Waals surface area contributed by atoms with E-state index in [1.165, 1.54) is 24.9 Å². The molecule has 104 valence electrons. The van der Waals surface area contributed by atoms with Gasteiger partial charge in [-0.25, -0.2) is 5.84 Å². The molecule has 19 heavy (non-hydrogen) atoms. The monoisotopic (exact) mass is 261 g/mol. The maximum absolute atomic E-state index is 11.5. The van der Waals surface area contributed by atoms with E-state index in [9.17, 15) is 4.79 Å². The highest BCUT2D eigenvalue weighted by Crippen LogP contribution is 2.30. The molecule has 1 aliphatic rings. The van der Waals surface area contributed by atoms with Crippen LogP contribution in [0.2, 0.25) is 0 Å². The first-order valence-corrected chi connectivity index (χ1v) is 7.05. The van der Waals surface area contributed by atoms with Crippen molar-refractivity contribution in [3.8, 4) is 0 Å². The molecule has 1 aromatic rings. The summed E-state index contributed by atoms with van der Waals surface area (Å²) in [6.07, 6.45) is 3.90. The lowest BCUT2D eigenvalue weighted by molar-refractivity contribution is 0.0953. The second-order valence-electron chi connectivity index (χ2n) is 5.35. The number of carbonyl (C=O) groups is 1. The number of hydrogen-bond donors (Lipinski definition) is 2. The first-order chi connectivity index (χ1) is 9.22. The summed E-state index contributed by atoms with van der Waals surface area (Å²) < 4.78 is 0. The highest BCUT2D eigenvalue weighted by molar-refractivity contribution is 5.93. The van der Waals surface area contributed by atoms with Crippen molar-refractivity contribution in [3.05, 3.63) is 35.4 Å². The van der Waals surface area contributed by atoms with Gasteiger partial charge in [-0.1, -0.05) is 19.1 Å². The molecule has 0 aromatic heterocycles. The van der Waals surface area contributed by atoms with Crippen LogP contribution < -0.4 is 11.3 Å². The third-order valence-electron chi connectivity index (χ3n) is 3.48. The predicted octanol–water partition coefficient (Wildman–Crippen LogP) is 1.91. The normalized spacial score (nSPS) is 14.7. The van der Waals surface area contributed by atoms with E-state index in [1.54, 1.807) is 6.07 Å². The van der Waals surface area contributed by atoms with Crippen LogP contribution in [0.3, 0.4) is 0 Å². The van der Waals surface area contributed by atoms with Gasteiger partial charge in [-0.3, -0.25) is 15.1 Å². The largest absolute Gasteiger partial charge is 0.299 e. The molecule has 1 fully saturated rings. The summed E-state index contributed by atoms with van der Waals surface area (Å²) in [7, 11) is 0. The van der Waals surface area contributed by atoms with Gasteiger partial charge in [0.15, 0.2) is 0 Å². The lowest BCUT2D eigenvalue weighted by Gasteiger charge is -2.21. The molecule has 0 aliphatic heterocycles. The number of nitrogens with one attached hydrogen (secondary N) is 1. The molecular weight excluding hydrogens is 238 g/mol. The van der Waals surface area contributed by atoms with Crippen molar-refractivity contribution in [2.75, 3.05) is 13.1 Å². The van der Waals surface area contributed by atoms with Gasteiger partial charge in [-0.05, 0) is 49.4 Å². The summed E-state index contributed by atoms with van der Waals surface area (Å²) in [5.74, 6) is 5.83. The zero-order chi connectivity index (χ0) is 13.7. The zero-order valence-electron chi connectivity index (χ0n) is 11.6. The summed E-state index contributed by atoms with van der Waals surface area (Å²) in [6, 6.07) is 7.71. The second-order valence-corrected chi connectivity index (χ2v) is 5.35. The fourth-order valence-corrected chi connectivity index (χ4v) is 2.37. The molecule has 1 saturated carbocycles. The Morgan fingerprint density at radius 1 is 1.47 bits per heavy atom. The Morgan fingerprint density at radius 3 is 2.89 bits per heavy atom. The van der Waals surface area contributed by atoms with Crippen molar-refractivity contribution >= 4 is 5.91 Å². The first-order valence-electron chi connectivity index (χ1n) is 7.05. The third kappa shape index (κ3) is 4.33. The summed E-state index contributed by atoms with van der Waals surface area (Å²) in [5, 5.41) is 0. The number of hydrogen-bond acceptors (Lipinski definition) is 3. The zero-order valence-corrected chi connectivity index (χ0v) is 11.6. The van der Waals surface area contributed by atoms with Crippen molar-refractivity contribution in [3.63, 3.8) is 0 Å². The van der Waals surface area contributed by atoms with Crippen molar-refractivity contribution in [2.45, 2.75) is 32.7 Å². The molecule has 0 unspecified atom stereocenters. The maximum Gasteiger partial charge on any atom is 0.265 e. The van der Waals surface area contributed by atoms with E-state index in [-0.39, 0.29) is 5.91 Å². The van der Waals surface area contributed by atoms with Gasteiger partial charge in [0.2, 0.25) is 0 Å². The molecule has 4 heteroatoms. The van der Waals surface area contributed by atoms with Crippen LogP contribution >= 0.6 is 0 Å². The standard InChI is InChI=1S/C15H23N3O/c1-2-8-18(10-12-6-7-12)11-13-4-3-5-14(9-13)15(19)17-16/h3-5,9,12H,2,6-8,10-11,16H2,1H3,(H,17,19). The van der Waals surface area contributed by atoms with E-state index < -0.39 is 0 Å². The fourth-order valence-electron chi connectivity index (χ4n) is 2.37. The van der Waals surface area contributed by atoms with E-state index >= 15 is 0 Å². The minimum Gasteiger partial charge on any atom is -0.299 e. The molecule has 0 bridgehead atoms. The molecule has 0 spiro atoms. The highest BCUT2D eigenvalue weighted by Gasteiger charge is 2.23. The van der Waals surface area contributed by atoms with Gasteiger partial charge in [0.1, 0.15) is 0 Å². The summed E-state index contributed by atoms with van der Waals surface area (Å²) in [6.45, 7) is 5.42. The van der Waals surface area contributed by atoms with Crippen LogP contribution in [0.1, 0.15) is 42.1 Å². The SMILES string of the molecule is CCCN(Cc1cccc(C(=O)NN)c1)CC1CC1. The van der Waals surface area contributed by atoms with Gasteiger partial charge in [0, 0.05) is 18.7 Å². The van der Waals surface area contributed by atoms with E-state index in [0.29, 0.717) is 5.56 Å². The number of amides is 1. The van der Waals surface area contributed by atoms with Crippen LogP contribution in [0.15, 0.2) is 24.3 Å². The number of rotatable bonds is 7. The van der Waals surface area contributed by atoms with Crippen LogP contribution in [0.5, 0.6) is 0 Å². The summed E-state index contributed by atoms with van der Waals surface area (Å²) in [5.41, 5.74) is 3.98. The number of nitrogens with two attached hydrogens (primary N) is 1. The Hall–Kier alpha value is -1.39. The molecule has 1 aromatic carbocycles. The number of carbonyl (C=O) groups excluding carboxylic acids is 1. The van der Waals surface area contributed by atoms with Crippen LogP contribution in [0.4, 0.5) is 0 Å². The van der Waals surface area contributed by atoms with Crippen molar-refractivity contribution in [2.24, 2.45) is 11.8 Å². The topological polar surface area (TPSA) is 58.4 Å². The van der Waals surface area contributed by atoms with Gasteiger partial charge in [0.05, 0.1) is 0 Å². The Balaban J connectivity index is 2.00. The Morgan fingerprint density at radius 2 is 2.26 bits per heavy atom. The second kappa shape index (κ2) is 6.68. The summed E-state index contributed by atoms with van der Waals surface area (Å²) in [4.78, 5) is 14.0. The van der Waals surface area contributed by atoms with E-state index in [0.717, 1.165) is 25.4 Å². The average molecular weight is 261 g/mol. The minimum absolute atomic E-state index is 0.230. The molecule has 2 rings (SSSR count). The molecule has 0 atom stereocenters. The molecule has 0 radical (unpaired) electrons. The first kappa shape index (κ1) is 14.0. The molecule has 4 nitrogen and oxygen atoms in total. The summed E-state index contributed by atoms with van der Waals surface area (Å²) >= 11 is 0. The lowest BCUT2D eigenvalue weighted by atomic mass is 10.1. The van der Waals surface area contributed by atoms with E-state index in [1.807, 2.05) is 12.1 Å². The highest BCUT2D eigenvalue weighted by atomic mass is 16.2. The van der Waals surface area contributed by atoms with Gasteiger partial charge in [0.25, 0.3) is 5.91 Å². The molecule has 0 saturated heterocycles.